The van der Waals surface area contributed by atoms with Crippen LogP contribution in [-0.4, -0.2) is 27.4 Å². The first kappa shape index (κ1) is 27.4. The third-order valence-corrected chi connectivity index (χ3v) is 7.90. The Morgan fingerprint density at radius 1 is 0.976 bits per heavy atom. The van der Waals surface area contributed by atoms with Crippen molar-refractivity contribution < 1.29 is 13.6 Å². The van der Waals surface area contributed by atoms with Crippen molar-refractivity contribution in [1.82, 2.24) is 20.3 Å². The van der Waals surface area contributed by atoms with Crippen molar-refractivity contribution in [2.24, 2.45) is 0 Å². The largest absolute Gasteiger partial charge is 0.375 e. The van der Waals surface area contributed by atoms with Gasteiger partial charge in [-0.3, -0.25) is 4.79 Å². The second kappa shape index (κ2) is 12.0. The summed E-state index contributed by atoms with van der Waals surface area (Å²) in [6.07, 6.45) is 2.68. The Bertz CT molecular complexity index is 1770. The fourth-order valence-corrected chi connectivity index (χ4v) is 5.74. The van der Waals surface area contributed by atoms with Crippen LogP contribution in [0.5, 0.6) is 0 Å². The number of nitrogen functional groups attached to an aromatic ring is 1. The van der Waals surface area contributed by atoms with Gasteiger partial charge >= 0.3 is 0 Å². The van der Waals surface area contributed by atoms with Gasteiger partial charge in [0, 0.05) is 35.2 Å². The molecule has 5 N–H and O–H groups in total. The highest BCUT2D eigenvalue weighted by molar-refractivity contribution is 7.19. The fourth-order valence-electron chi connectivity index (χ4n) is 4.92. The molecule has 3 heterocycles. The van der Waals surface area contributed by atoms with Crippen molar-refractivity contribution in [1.29, 1.82) is 0 Å². The van der Waals surface area contributed by atoms with Crippen molar-refractivity contribution >= 4 is 39.7 Å². The average Bonchev–Trinajstić information content (AvgIpc) is 3.42. The van der Waals surface area contributed by atoms with Crippen molar-refractivity contribution in [2.45, 2.75) is 26.3 Å². The highest BCUT2D eigenvalue weighted by Gasteiger charge is 2.18. The Kier molecular flexibility index (Phi) is 7.85. The Balaban J connectivity index is 1.26. The number of thiazole rings is 1. The van der Waals surface area contributed by atoms with Crippen LogP contribution in [0.1, 0.15) is 32.6 Å². The molecule has 1 aliphatic rings. The van der Waals surface area contributed by atoms with Crippen LogP contribution < -0.4 is 21.7 Å². The van der Waals surface area contributed by atoms with E-state index in [1.54, 1.807) is 30.5 Å². The normalized spacial score (nSPS) is 12.5. The number of benzene rings is 3. The van der Waals surface area contributed by atoms with E-state index in [-0.39, 0.29) is 11.1 Å². The predicted octanol–water partition coefficient (Wildman–Crippen LogP) is 6.43. The van der Waals surface area contributed by atoms with Gasteiger partial charge in [0.1, 0.15) is 13.3 Å². The number of hydrogen-bond acceptors (Lipinski definition) is 8. The first-order chi connectivity index (χ1) is 20.5. The molecule has 0 atom stereocenters. The number of alkyl halides is 2. The molecular formula is C31H27F2N7OS. The summed E-state index contributed by atoms with van der Waals surface area (Å²) >= 11 is 1.30. The molecule has 0 saturated carbocycles. The van der Waals surface area contributed by atoms with Gasteiger partial charge in [-0.05, 0) is 71.6 Å². The summed E-state index contributed by atoms with van der Waals surface area (Å²) in [6.45, 7) is 0.225. The molecule has 5 aromatic rings. The SMILES string of the molecule is Nc1nc(-c2cccc(NC(=O)c3cc(CF)ccc3CF)c2)c(-c2ccnc(Nc3ccc4c(c3)CNCC4)n2)s1. The van der Waals surface area contributed by atoms with E-state index in [1.807, 2.05) is 12.1 Å². The van der Waals surface area contributed by atoms with Crippen LogP contribution in [0.15, 0.2) is 72.9 Å². The number of rotatable bonds is 8. The summed E-state index contributed by atoms with van der Waals surface area (Å²) in [5.41, 5.74) is 12.6. The zero-order valence-corrected chi connectivity index (χ0v) is 23.3. The summed E-state index contributed by atoms with van der Waals surface area (Å²) < 4.78 is 26.7. The van der Waals surface area contributed by atoms with Gasteiger partial charge in [-0.1, -0.05) is 41.7 Å². The number of carbonyl (C=O) groups excluding carboxylic acids is 1. The molecule has 11 heteroatoms. The Morgan fingerprint density at radius 3 is 2.74 bits per heavy atom. The lowest BCUT2D eigenvalue weighted by molar-refractivity contribution is 0.102. The Morgan fingerprint density at radius 2 is 1.88 bits per heavy atom. The number of nitrogens with one attached hydrogen (secondary N) is 3. The summed E-state index contributed by atoms with van der Waals surface area (Å²) in [4.78, 5) is 27.4. The van der Waals surface area contributed by atoms with Crippen molar-refractivity contribution in [3.63, 3.8) is 0 Å². The van der Waals surface area contributed by atoms with Gasteiger partial charge < -0.3 is 21.7 Å². The van der Waals surface area contributed by atoms with E-state index in [1.165, 1.54) is 40.7 Å². The number of halogens is 2. The lowest BCUT2D eigenvalue weighted by atomic mass is 10.0. The number of hydrogen-bond donors (Lipinski definition) is 4. The number of nitrogens with zero attached hydrogens (tertiary/aromatic N) is 3. The Hall–Kier alpha value is -4.74. The van der Waals surface area contributed by atoms with Gasteiger partial charge in [0.2, 0.25) is 5.95 Å². The van der Waals surface area contributed by atoms with E-state index in [2.05, 4.69) is 38.1 Å². The van der Waals surface area contributed by atoms with Crippen LogP contribution in [-0.2, 0) is 26.3 Å². The lowest BCUT2D eigenvalue weighted by Gasteiger charge is -2.18. The number of fused-ring (bicyclic) bond motifs is 1. The third kappa shape index (κ3) is 5.83. The summed E-state index contributed by atoms with van der Waals surface area (Å²) in [7, 11) is 0. The first-order valence-electron chi connectivity index (χ1n) is 13.4. The maximum atomic E-state index is 13.5. The molecule has 212 valence electrons. The highest BCUT2D eigenvalue weighted by atomic mass is 32.1. The highest BCUT2D eigenvalue weighted by Crippen LogP contribution is 2.38. The molecule has 0 bridgehead atoms. The number of anilines is 4. The van der Waals surface area contributed by atoms with E-state index < -0.39 is 19.3 Å². The number of amides is 1. The Labute approximate surface area is 245 Å². The summed E-state index contributed by atoms with van der Waals surface area (Å²) in [6, 6.07) is 19.4. The maximum Gasteiger partial charge on any atom is 0.256 e. The molecule has 3 aromatic carbocycles. The first-order valence-corrected chi connectivity index (χ1v) is 14.2. The van der Waals surface area contributed by atoms with Crippen LogP contribution in [0.3, 0.4) is 0 Å². The van der Waals surface area contributed by atoms with Gasteiger partial charge in [-0.2, -0.15) is 0 Å². The summed E-state index contributed by atoms with van der Waals surface area (Å²) in [5, 5.41) is 9.85. The van der Waals surface area contributed by atoms with Crippen LogP contribution >= 0.6 is 11.3 Å². The molecule has 1 aliphatic heterocycles. The molecule has 6 rings (SSSR count). The van der Waals surface area contributed by atoms with Gasteiger partial charge in [0.25, 0.3) is 5.91 Å². The zero-order valence-electron chi connectivity index (χ0n) is 22.5. The van der Waals surface area contributed by atoms with Crippen molar-refractivity contribution in [3.05, 3.63) is 101 Å². The number of aromatic nitrogens is 3. The van der Waals surface area contributed by atoms with Gasteiger partial charge in [-0.15, -0.1) is 0 Å². The number of carbonyl (C=O) groups is 1. The third-order valence-electron chi connectivity index (χ3n) is 6.99. The minimum Gasteiger partial charge on any atom is -0.375 e. The van der Waals surface area contributed by atoms with Gasteiger partial charge in [-0.25, -0.2) is 23.7 Å². The minimum absolute atomic E-state index is 0.0906. The molecule has 0 fully saturated rings. The van der Waals surface area contributed by atoms with Crippen LogP contribution in [0.25, 0.3) is 21.8 Å². The number of nitrogens with two attached hydrogens (primary N) is 1. The molecule has 0 spiro atoms. The maximum absolute atomic E-state index is 13.5. The second-order valence-corrected chi connectivity index (χ2v) is 10.9. The van der Waals surface area contributed by atoms with Crippen LogP contribution in [0, 0.1) is 0 Å². The lowest BCUT2D eigenvalue weighted by Crippen LogP contribution is -2.23. The molecular weight excluding hydrogens is 556 g/mol. The minimum atomic E-state index is -0.837. The van der Waals surface area contributed by atoms with E-state index in [4.69, 9.17) is 10.7 Å². The van der Waals surface area contributed by atoms with Crippen LogP contribution in [0.4, 0.5) is 31.2 Å². The quantitative estimate of drug-likeness (QED) is 0.166. The van der Waals surface area contributed by atoms with Gasteiger partial charge in [0.15, 0.2) is 5.13 Å². The predicted molar refractivity (Wildman–Crippen MR) is 162 cm³/mol. The standard InChI is InChI=1S/C31H27F2N7OS/c32-15-18-4-5-21(16-33)25(12-18)29(41)37-23-3-1-2-20(13-23)27-28(42-30(34)40-27)26-9-11-36-31(39-26)38-24-7-6-19-8-10-35-17-22(19)14-24/h1-7,9,11-14,35H,8,10,15-17H2,(H2,34,40)(H,37,41)(H,36,38,39). The second-order valence-electron chi connectivity index (χ2n) is 9.82. The van der Waals surface area contributed by atoms with E-state index >= 15 is 0 Å². The fraction of sp³-hybridized carbons (Fsp3) is 0.161. The van der Waals surface area contributed by atoms with Crippen LogP contribution in [0.2, 0.25) is 0 Å². The molecule has 0 aliphatic carbocycles. The molecule has 2 aromatic heterocycles. The van der Waals surface area contributed by atoms with E-state index in [0.29, 0.717) is 39.3 Å². The topological polar surface area (TPSA) is 118 Å². The summed E-state index contributed by atoms with van der Waals surface area (Å²) in [5.74, 6) is -0.0908. The molecule has 0 saturated heterocycles. The van der Waals surface area contributed by atoms with E-state index in [9.17, 15) is 13.6 Å². The molecule has 0 unspecified atom stereocenters. The monoisotopic (exact) mass is 583 g/mol. The van der Waals surface area contributed by atoms with Crippen molar-refractivity contribution in [3.8, 4) is 21.8 Å². The zero-order chi connectivity index (χ0) is 29.1. The average molecular weight is 584 g/mol. The molecule has 42 heavy (non-hydrogen) atoms. The van der Waals surface area contributed by atoms with E-state index in [0.717, 1.165) is 30.1 Å². The van der Waals surface area contributed by atoms with Gasteiger partial charge in [0.05, 0.1) is 16.3 Å². The molecule has 1 amide bonds. The molecule has 0 radical (unpaired) electrons. The smallest absolute Gasteiger partial charge is 0.256 e. The van der Waals surface area contributed by atoms with Crippen molar-refractivity contribution in [2.75, 3.05) is 22.9 Å². The molecule has 8 nitrogen and oxygen atoms in total.